The maximum Gasteiger partial charge on any atom is 0.302 e. The summed E-state index contributed by atoms with van der Waals surface area (Å²) < 4.78 is 38.3. The lowest BCUT2D eigenvalue weighted by Gasteiger charge is -2.25. The molecule has 3 aliphatic rings. The van der Waals surface area contributed by atoms with Crippen LogP contribution in [0.3, 0.4) is 0 Å². The van der Waals surface area contributed by atoms with Crippen LogP contribution in [0.1, 0.15) is 20.1 Å². The van der Waals surface area contributed by atoms with Gasteiger partial charge in [-0.1, -0.05) is 0 Å². The summed E-state index contributed by atoms with van der Waals surface area (Å²) in [6.45, 7) is 3.03. The molecule has 0 spiro atoms. The summed E-state index contributed by atoms with van der Waals surface area (Å²) in [7, 11) is 0. The summed E-state index contributed by atoms with van der Waals surface area (Å²) in [5.41, 5.74) is -0.456. The number of alkyl halides is 1. The molecule has 4 rings (SSSR count). The minimum atomic E-state index is -2.13. The lowest BCUT2D eigenvalue weighted by atomic mass is 10.1. The molecule has 2 bridgehead atoms. The average Bonchev–Trinajstić information content (AvgIpc) is 2.75. The molecular weight excluding hydrogens is 271 g/mol. The molecule has 4 heterocycles. The molecule has 2 unspecified atom stereocenters. The van der Waals surface area contributed by atoms with Gasteiger partial charge in [0.05, 0.1) is 0 Å². The van der Waals surface area contributed by atoms with Crippen LogP contribution in [0.25, 0.3) is 0 Å². The highest BCUT2D eigenvalue weighted by molar-refractivity contribution is 5.10. The van der Waals surface area contributed by atoms with Gasteiger partial charge in [0.2, 0.25) is 0 Å². The molecule has 3 aliphatic heterocycles. The average molecular weight is 284 g/mol. The van der Waals surface area contributed by atoms with E-state index >= 15 is 0 Å². The van der Waals surface area contributed by atoms with Gasteiger partial charge in [0, 0.05) is 12.3 Å². The highest BCUT2D eigenvalue weighted by atomic mass is 19.2. The quantitative estimate of drug-likeness (QED) is 0.684. The van der Waals surface area contributed by atoms with E-state index in [0.717, 1.165) is 0 Å². The Morgan fingerprint density at radius 3 is 3.00 bits per heavy atom. The monoisotopic (exact) mass is 284 g/mol. The van der Waals surface area contributed by atoms with Crippen molar-refractivity contribution in [2.24, 2.45) is 0 Å². The van der Waals surface area contributed by atoms with E-state index in [0.29, 0.717) is 0 Å². The summed E-state index contributed by atoms with van der Waals surface area (Å²) in [5.74, 6) is -3.02. The Morgan fingerprint density at radius 1 is 1.40 bits per heavy atom. The van der Waals surface area contributed by atoms with Crippen molar-refractivity contribution in [1.82, 2.24) is 9.55 Å². The zero-order valence-electron chi connectivity index (χ0n) is 10.9. The normalized spacial score (nSPS) is 40.6. The first kappa shape index (κ1) is 12.2. The first-order chi connectivity index (χ1) is 9.38. The summed E-state index contributed by atoms with van der Waals surface area (Å²) in [4.78, 5) is 15.0. The number of rotatable bonds is 0. The van der Waals surface area contributed by atoms with Crippen molar-refractivity contribution < 1.29 is 23.3 Å². The molecule has 8 heteroatoms. The van der Waals surface area contributed by atoms with Crippen molar-refractivity contribution in [2.45, 2.75) is 43.9 Å². The van der Waals surface area contributed by atoms with Gasteiger partial charge in [0.25, 0.3) is 11.4 Å². The van der Waals surface area contributed by atoms with E-state index in [2.05, 4.69) is 4.98 Å². The smallest absolute Gasteiger partial charge is 0.302 e. The molecule has 0 radical (unpaired) electrons. The van der Waals surface area contributed by atoms with Gasteiger partial charge in [-0.2, -0.15) is 4.98 Å². The van der Waals surface area contributed by atoms with E-state index in [1.165, 1.54) is 16.8 Å². The van der Waals surface area contributed by atoms with Gasteiger partial charge < -0.3 is 18.9 Å². The van der Waals surface area contributed by atoms with Gasteiger partial charge in [0.1, 0.15) is 6.10 Å². The van der Waals surface area contributed by atoms with Crippen LogP contribution in [-0.4, -0.2) is 40.0 Å². The number of hydrogen-bond acceptors (Lipinski definition) is 6. The van der Waals surface area contributed by atoms with Crippen molar-refractivity contribution >= 4 is 0 Å². The van der Waals surface area contributed by atoms with Gasteiger partial charge in [-0.25, -0.2) is 4.39 Å². The van der Waals surface area contributed by atoms with Crippen LogP contribution in [0.4, 0.5) is 4.39 Å². The number of hydrogen-bond donors (Lipinski definition) is 0. The Kier molecular flexibility index (Phi) is 2.19. The number of ether oxygens (including phenoxy) is 4. The third-order valence-electron chi connectivity index (χ3n) is 3.63. The second kappa shape index (κ2) is 3.57. The van der Waals surface area contributed by atoms with Crippen LogP contribution in [-0.2, 0) is 14.2 Å². The summed E-state index contributed by atoms with van der Waals surface area (Å²) in [5, 5.41) is 0. The third kappa shape index (κ3) is 1.55. The van der Waals surface area contributed by atoms with E-state index in [-0.39, 0.29) is 6.01 Å². The van der Waals surface area contributed by atoms with Crippen LogP contribution in [0.15, 0.2) is 17.1 Å². The molecule has 0 saturated carbocycles. The maximum absolute atomic E-state index is 14.9. The molecule has 0 N–H and O–H groups in total. The topological polar surface area (TPSA) is 71.8 Å². The Labute approximate surface area is 113 Å². The Bertz CT molecular complexity index is 633. The van der Waals surface area contributed by atoms with E-state index in [9.17, 15) is 9.18 Å². The fourth-order valence-electron chi connectivity index (χ4n) is 2.86. The lowest BCUT2D eigenvalue weighted by Crippen LogP contribution is -2.44. The largest absolute Gasteiger partial charge is 0.458 e. The zero-order chi connectivity index (χ0) is 14.1. The molecule has 0 aromatic carbocycles. The molecule has 0 aliphatic carbocycles. The minimum Gasteiger partial charge on any atom is -0.458 e. The Hall–Kier alpha value is -1.51. The van der Waals surface area contributed by atoms with Crippen molar-refractivity contribution in [3.63, 3.8) is 0 Å². The van der Waals surface area contributed by atoms with Crippen LogP contribution in [0, 0.1) is 0 Å². The van der Waals surface area contributed by atoms with Crippen LogP contribution in [0.5, 0.6) is 6.01 Å². The standard InChI is InChI=1S/C12H13FN2O5/c1-11(2)18-7-8(19-11)12(13)5-17-10-14-6(16)3-4-15(10)9(7)20-12/h3-4,7-9H,5H2,1-2H3/t7?,8?,9-,12-/m1/s1. The molecule has 4 atom stereocenters. The van der Waals surface area contributed by atoms with E-state index < -0.39 is 42.2 Å². The van der Waals surface area contributed by atoms with Crippen molar-refractivity contribution in [2.75, 3.05) is 6.61 Å². The predicted octanol–water partition coefficient (Wildman–Crippen LogP) is 0.350. The van der Waals surface area contributed by atoms with E-state index in [1.807, 2.05) is 0 Å². The fourth-order valence-corrected chi connectivity index (χ4v) is 2.86. The van der Waals surface area contributed by atoms with Crippen LogP contribution < -0.4 is 10.3 Å². The molecule has 7 nitrogen and oxygen atoms in total. The number of aromatic nitrogens is 2. The van der Waals surface area contributed by atoms with Gasteiger partial charge in [0.15, 0.2) is 24.7 Å². The van der Waals surface area contributed by atoms with Crippen LogP contribution >= 0.6 is 0 Å². The van der Waals surface area contributed by atoms with Gasteiger partial charge in [-0.3, -0.25) is 9.36 Å². The molecule has 20 heavy (non-hydrogen) atoms. The highest BCUT2D eigenvalue weighted by Gasteiger charge is 2.66. The minimum absolute atomic E-state index is 0.0220. The van der Waals surface area contributed by atoms with Crippen molar-refractivity contribution in [1.29, 1.82) is 0 Å². The second-order valence-corrected chi connectivity index (χ2v) is 5.56. The molecule has 1 aromatic heterocycles. The summed E-state index contributed by atoms with van der Waals surface area (Å²) in [6.07, 6.45) is -0.826. The molecule has 0 amide bonds. The summed E-state index contributed by atoms with van der Waals surface area (Å²) >= 11 is 0. The maximum atomic E-state index is 14.9. The van der Waals surface area contributed by atoms with Crippen molar-refractivity contribution in [3.05, 3.63) is 22.6 Å². The molecule has 1 aromatic rings. The van der Waals surface area contributed by atoms with E-state index in [1.54, 1.807) is 13.8 Å². The van der Waals surface area contributed by atoms with Gasteiger partial charge in [-0.15, -0.1) is 0 Å². The first-order valence-electron chi connectivity index (χ1n) is 6.32. The Morgan fingerprint density at radius 2 is 2.20 bits per heavy atom. The third-order valence-corrected chi connectivity index (χ3v) is 3.63. The number of fused-ring (bicyclic) bond motifs is 7. The van der Waals surface area contributed by atoms with Gasteiger partial charge in [-0.05, 0) is 13.8 Å². The predicted molar refractivity (Wildman–Crippen MR) is 61.8 cm³/mol. The molecule has 2 fully saturated rings. The Balaban J connectivity index is 1.83. The molecular formula is C12H13FN2O5. The van der Waals surface area contributed by atoms with E-state index in [4.69, 9.17) is 18.9 Å². The number of nitrogens with zero attached hydrogens (tertiary/aromatic N) is 2. The molecule has 108 valence electrons. The summed E-state index contributed by atoms with van der Waals surface area (Å²) in [6, 6.07) is 1.28. The highest BCUT2D eigenvalue weighted by Crippen LogP contribution is 2.50. The second-order valence-electron chi connectivity index (χ2n) is 5.56. The van der Waals surface area contributed by atoms with Crippen LogP contribution in [0.2, 0.25) is 0 Å². The number of halogens is 1. The van der Waals surface area contributed by atoms with Crippen molar-refractivity contribution in [3.8, 4) is 6.01 Å². The zero-order valence-corrected chi connectivity index (χ0v) is 10.9. The van der Waals surface area contributed by atoms with Gasteiger partial charge >= 0.3 is 6.01 Å². The lowest BCUT2D eigenvalue weighted by molar-refractivity contribution is -0.256. The first-order valence-corrected chi connectivity index (χ1v) is 6.32. The SMILES string of the molecule is CC1(C)OC2C(O1)[C@@]1(F)COc3nc(=O)ccn3[C@@H]2O1. The molecule has 2 saturated heterocycles. The fraction of sp³-hybridized carbons (Fsp3) is 0.667.